The van der Waals surface area contributed by atoms with Crippen molar-refractivity contribution in [1.82, 2.24) is 4.90 Å². The number of nitrogens with zero attached hydrogens (tertiary/aromatic N) is 2. The van der Waals surface area contributed by atoms with Crippen LogP contribution in [0.1, 0.15) is 39.5 Å². The maximum absolute atomic E-state index is 4.47. The Hall–Kier alpha value is -0.530. The van der Waals surface area contributed by atoms with Crippen molar-refractivity contribution in [2.24, 2.45) is 4.99 Å². The van der Waals surface area contributed by atoms with Crippen LogP contribution in [0.25, 0.3) is 0 Å². The third-order valence-corrected chi connectivity index (χ3v) is 2.47. The Morgan fingerprint density at radius 1 is 1.33 bits per heavy atom. The Labute approximate surface area is 75.7 Å². The zero-order valence-electron chi connectivity index (χ0n) is 8.29. The lowest BCUT2D eigenvalue weighted by Crippen LogP contribution is -2.28. The zero-order valence-corrected chi connectivity index (χ0v) is 8.29. The highest BCUT2D eigenvalue weighted by molar-refractivity contribution is 5.55. The first kappa shape index (κ1) is 9.56. The summed E-state index contributed by atoms with van der Waals surface area (Å²) in [6.07, 6.45) is 7.27. The average molecular weight is 168 g/mol. The van der Waals surface area contributed by atoms with Crippen molar-refractivity contribution in [3.63, 3.8) is 0 Å². The van der Waals surface area contributed by atoms with Crippen LogP contribution in [0, 0.1) is 0 Å². The van der Waals surface area contributed by atoms with Gasteiger partial charge in [0.15, 0.2) is 0 Å². The van der Waals surface area contributed by atoms with Gasteiger partial charge in [-0.05, 0) is 32.6 Å². The molecule has 0 bridgehead atoms. The summed E-state index contributed by atoms with van der Waals surface area (Å²) in [4.78, 5) is 6.81. The molecule has 12 heavy (non-hydrogen) atoms. The summed E-state index contributed by atoms with van der Waals surface area (Å²) in [5.41, 5.74) is 0. The van der Waals surface area contributed by atoms with Gasteiger partial charge in [-0.25, -0.2) is 0 Å². The van der Waals surface area contributed by atoms with Crippen molar-refractivity contribution < 1.29 is 0 Å². The van der Waals surface area contributed by atoms with Crippen molar-refractivity contribution >= 4 is 6.34 Å². The Bertz CT molecular complexity index is 137. The van der Waals surface area contributed by atoms with Crippen LogP contribution in [0.15, 0.2) is 4.99 Å². The van der Waals surface area contributed by atoms with Crippen LogP contribution < -0.4 is 0 Å². The first-order chi connectivity index (χ1) is 5.83. The molecule has 0 aromatic heterocycles. The lowest BCUT2D eigenvalue weighted by molar-refractivity contribution is 0.349. The Morgan fingerprint density at radius 3 is 2.58 bits per heavy atom. The second kappa shape index (κ2) is 5.18. The van der Waals surface area contributed by atoms with E-state index in [0.29, 0.717) is 6.04 Å². The summed E-state index contributed by atoms with van der Waals surface area (Å²) in [5, 5.41) is 0. The quantitative estimate of drug-likeness (QED) is 0.466. The molecule has 0 N–H and O–H groups in total. The Balaban J connectivity index is 2.23. The minimum absolute atomic E-state index is 0.493. The van der Waals surface area contributed by atoms with Gasteiger partial charge in [0.05, 0.1) is 6.34 Å². The first-order valence-electron chi connectivity index (χ1n) is 5.10. The average Bonchev–Trinajstić information content (AvgIpc) is 2.16. The molecule has 1 unspecified atom stereocenters. The molecule has 0 aromatic carbocycles. The molecule has 0 spiro atoms. The van der Waals surface area contributed by atoms with E-state index in [4.69, 9.17) is 0 Å². The van der Waals surface area contributed by atoms with Gasteiger partial charge in [0.1, 0.15) is 0 Å². The molecule has 1 rings (SSSR count). The lowest BCUT2D eigenvalue weighted by Gasteiger charge is -2.24. The highest BCUT2D eigenvalue weighted by Crippen LogP contribution is 2.06. The molecule has 0 saturated carbocycles. The summed E-state index contributed by atoms with van der Waals surface area (Å²) < 4.78 is 0. The Kier molecular flexibility index (Phi) is 4.12. The molecule has 1 atom stereocenters. The van der Waals surface area contributed by atoms with E-state index in [1.165, 1.54) is 32.4 Å². The van der Waals surface area contributed by atoms with Crippen LogP contribution in [0.3, 0.4) is 0 Å². The lowest BCUT2D eigenvalue weighted by atomic mass is 10.1. The van der Waals surface area contributed by atoms with E-state index < -0.39 is 0 Å². The largest absolute Gasteiger partial charge is 0.363 e. The van der Waals surface area contributed by atoms with E-state index in [1.54, 1.807) is 0 Å². The minimum Gasteiger partial charge on any atom is -0.363 e. The molecule has 1 aliphatic rings. The van der Waals surface area contributed by atoms with Gasteiger partial charge in [-0.15, -0.1) is 0 Å². The number of hydrogen-bond acceptors (Lipinski definition) is 1. The summed E-state index contributed by atoms with van der Waals surface area (Å²) in [7, 11) is 0. The van der Waals surface area contributed by atoms with Crippen LogP contribution in [0.4, 0.5) is 0 Å². The summed E-state index contributed by atoms with van der Waals surface area (Å²) in [6.45, 7) is 6.76. The molecule has 1 saturated heterocycles. The maximum Gasteiger partial charge on any atom is 0.0853 e. The molecule has 1 fully saturated rings. The van der Waals surface area contributed by atoms with Gasteiger partial charge < -0.3 is 4.90 Å². The molecule has 0 radical (unpaired) electrons. The van der Waals surface area contributed by atoms with Crippen molar-refractivity contribution in [2.75, 3.05) is 13.1 Å². The molecular formula is C10H20N2. The van der Waals surface area contributed by atoms with Crippen LogP contribution in [-0.4, -0.2) is 30.4 Å². The zero-order chi connectivity index (χ0) is 8.81. The van der Waals surface area contributed by atoms with Gasteiger partial charge in [0.2, 0.25) is 0 Å². The molecule has 0 aromatic rings. The molecule has 1 aliphatic heterocycles. The van der Waals surface area contributed by atoms with E-state index in [-0.39, 0.29) is 0 Å². The standard InChI is InChI=1S/C10H20N2/c1-3-10(2)11-9-12-7-5-4-6-8-12/h9-10H,3-8H2,1-2H3. The monoisotopic (exact) mass is 168 g/mol. The van der Waals surface area contributed by atoms with E-state index >= 15 is 0 Å². The van der Waals surface area contributed by atoms with Crippen molar-refractivity contribution in [3.05, 3.63) is 0 Å². The molecule has 1 heterocycles. The molecule has 70 valence electrons. The second-order valence-corrected chi connectivity index (χ2v) is 3.62. The number of piperidine rings is 1. The minimum atomic E-state index is 0.493. The molecule has 2 nitrogen and oxygen atoms in total. The second-order valence-electron chi connectivity index (χ2n) is 3.62. The topological polar surface area (TPSA) is 15.6 Å². The van der Waals surface area contributed by atoms with E-state index in [2.05, 4.69) is 23.7 Å². The third-order valence-electron chi connectivity index (χ3n) is 2.47. The summed E-state index contributed by atoms with van der Waals surface area (Å²) >= 11 is 0. The van der Waals surface area contributed by atoms with E-state index in [1.807, 2.05) is 6.34 Å². The van der Waals surface area contributed by atoms with Crippen LogP contribution in [0.5, 0.6) is 0 Å². The molecule has 0 amide bonds. The number of likely N-dealkylation sites (tertiary alicyclic amines) is 1. The molecule has 2 heteroatoms. The van der Waals surface area contributed by atoms with Gasteiger partial charge in [-0.3, -0.25) is 4.99 Å². The van der Waals surface area contributed by atoms with E-state index in [0.717, 1.165) is 6.42 Å². The van der Waals surface area contributed by atoms with Crippen LogP contribution >= 0.6 is 0 Å². The number of aliphatic imine (C=N–C) groups is 1. The van der Waals surface area contributed by atoms with Crippen molar-refractivity contribution in [3.8, 4) is 0 Å². The smallest absolute Gasteiger partial charge is 0.0853 e. The van der Waals surface area contributed by atoms with E-state index in [9.17, 15) is 0 Å². The fourth-order valence-corrected chi connectivity index (χ4v) is 1.35. The third kappa shape index (κ3) is 3.24. The van der Waals surface area contributed by atoms with Gasteiger partial charge in [-0.1, -0.05) is 6.92 Å². The van der Waals surface area contributed by atoms with Gasteiger partial charge in [-0.2, -0.15) is 0 Å². The van der Waals surface area contributed by atoms with Gasteiger partial charge >= 0.3 is 0 Å². The summed E-state index contributed by atoms with van der Waals surface area (Å²) in [6, 6.07) is 0.493. The number of rotatable bonds is 3. The fourth-order valence-electron chi connectivity index (χ4n) is 1.35. The SMILES string of the molecule is CCC(C)N=CN1CCCCC1. The van der Waals surface area contributed by atoms with Crippen molar-refractivity contribution in [1.29, 1.82) is 0 Å². The van der Waals surface area contributed by atoms with Gasteiger partial charge in [0, 0.05) is 19.1 Å². The number of hydrogen-bond donors (Lipinski definition) is 0. The Morgan fingerprint density at radius 2 is 2.00 bits per heavy atom. The van der Waals surface area contributed by atoms with Crippen LogP contribution in [-0.2, 0) is 0 Å². The maximum atomic E-state index is 4.47. The first-order valence-corrected chi connectivity index (χ1v) is 5.10. The highest BCUT2D eigenvalue weighted by Gasteiger charge is 2.05. The van der Waals surface area contributed by atoms with Crippen LogP contribution in [0.2, 0.25) is 0 Å². The predicted molar refractivity (Wildman–Crippen MR) is 53.7 cm³/mol. The van der Waals surface area contributed by atoms with Crippen molar-refractivity contribution in [2.45, 2.75) is 45.6 Å². The predicted octanol–water partition coefficient (Wildman–Crippen LogP) is 2.30. The summed E-state index contributed by atoms with van der Waals surface area (Å²) in [5.74, 6) is 0. The highest BCUT2D eigenvalue weighted by atomic mass is 15.1. The molecular weight excluding hydrogens is 148 g/mol. The fraction of sp³-hybridized carbons (Fsp3) is 0.900. The molecule has 0 aliphatic carbocycles. The normalized spacial score (nSPS) is 21.7. The van der Waals surface area contributed by atoms with Gasteiger partial charge in [0.25, 0.3) is 0 Å².